The van der Waals surface area contributed by atoms with Gasteiger partial charge < -0.3 is 14.5 Å². The highest BCUT2D eigenvalue weighted by molar-refractivity contribution is 6.34. The summed E-state index contributed by atoms with van der Waals surface area (Å²) in [5.41, 5.74) is 0.447. The van der Waals surface area contributed by atoms with E-state index >= 15 is 0 Å². The van der Waals surface area contributed by atoms with Crippen LogP contribution in [0.15, 0.2) is 55.3 Å². The van der Waals surface area contributed by atoms with E-state index in [9.17, 15) is 4.79 Å². The summed E-state index contributed by atoms with van der Waals surface area (Å²) in [7, 11) is 0. The molecule has 2 aromatic heterocycles. The van der Waals surface area contributed by atoms with Gasteiger partial charge in [-0.1, -0.05) is 41.9 Å². The molecule has 3 heterocycles. The summed E-state index contributed by atoms with van der Waals surface area (Å²) < 4.78 is 5.02. The molecule has 3 aromatic rings. The van der Waals surface area contributed by atoms with Crippen molar-refractivity contribution in [2.24, 2.45) is 0 Å². The molecule has 1 aliphatic heterocycles. The smallest absolute Gasteiger partial charge is 0.339 e. The Hall–Kier alpha value is -3.19. The molecular weight excluding hydrogens is 402 g/mol. The lowest BCUT2D eigenvalue weighted by atomic mass is 10.1. The van der Waals surface area contributed by atoms with Gasteiger partial charge in [-0.2, -0.15) is 0 Å². The largest absolute Gasteiger partial charge is 0.462 e. The van der Waals surface area contributed by atoms with E-state index in [4.69, 9.17) is 16.3 Å². The zero-order valence-corrected chi connectivity index (χ0v) is 17.4. The molecule has 0 saturated carbocycles. The SMILES string of the molecule is C=C[C@H]1CN(c2ccc(C(=O)OCC)cn2)CCN1c1nnc(Cl)c2ccccc12. The molecule has 0 unspecified atom stereocenters. The molecule has 154 valence electrons. The van der Waals surface area contributed by atoms with E-state index in [0.717, 1.165) is 35.5 Å². The minimum atomic E-state index is -0.362. The van der Waals surface area contributed by atoms with E-state index < -0.39 is 0 Å². The lowest BCUT2D eigenvalue weighted by molar-refractivity contribution is 0.0526. The van der Waals surface area contributed by atoms with Gasteiger partial charge in [0.2, 0.25) is 0 Å². The van der Waals surface area contributed by atoms with Crippen LogP contribution in [0, 0.1) is 0 Å². The molecule has 4 rings (SSSR count). The molecule has 1 aliphatic rings. The molecule has 0 radical (unpaired) electrons. The van der Waals surface area contributed by atoms with Gasteiger partial charge in [0.25, 0.3) is 0 Å². The summed E-state index contributed by atoms with van der Waals surface area (Å²) in [4.78, 5) is 20.7. The fraction of sp³-hybridized carbons (Fsp3) is 0.273. The molecule has 0 bridgehead atoms. The van der Waals surface area contributed by atoms with Crippen molar-refractivity contribution in [3.8, 4) is 0 Å². The van der Waals surface area contributed by atoms with Crippen molar-refractivity contribution in [3.05, 3.63) is 66.0 Å². The van der Waals surface area contributed by atoms with Crippen LogP contribution in [0.25, 0.3) is 10.8 Å². The maximum atomic E-state index is 11.8. The Morgan fingerprint density at radius 3 is 2.73 bits per heavy atom. The Balaban J connectivity index is 1.56. The zero-order valence-electron chi connectivity index (χ0n) is 16.7. The summed E-state index contributed by atoms with van der Waals surface area (Å²) in [6, 6.07) is 11.5. The lowest BCUT2D eigenvalue weighted by Gasteiger charge is -2.41. The number of benzene rings is 1. The van der Waals surface area contributed by atoms with Crippen molar-refractivity contribution in [3.63, 3.8) is 0 Å². The Bertz CT molecular complexity index is 1070. The Morgan fingerprint density at radius 2 is 2.03 bits per heavy atom. The number of rotatable bonds is 5. The monoisotopic (exact) mass is 423 g/mol. The molecule has 1 saturated heterocycles. The van der Waals surface area contributed by atoms with Gasteiger partial charge in [-0.3, -0.25) is 0 Å². The van der Waals surface area contributed by atoms with Crippen molar-refractivity contribution >= 4 is 40.0 Å². The quantitative estimate of drug-likeness (QED) is 0.457. The van der Waals surface area contributed by atoms with Crippen molar-refractivity contribution in [1.82, 2.24) is 15.2 Å². The number of hydrogen-bond acceptors (Lipinski definition) is 7. The first-order valence-electron chi connectivity index (χ1n) is 9.80. The first-order chi connectivity index (χ1) is 14.6. The number of aromatic nitrogens is 3. The van der Waals surface area contributed by atoms with Crippen molar-refractivity contribution in [1.29, 1.82) is 0 Å². The van der Waals surface area contributed by atoms with Crippen LogP contribution in [-0.4, -0.2) is 53.4 Å². The van der Waals surface area contributed by atoms with E-state index in [1.54, 1.807) is 19.2 Å². The van der Waals surface area contributed by atoms with Gasteiger partial charge >= 0.3 is 5.97 Å². The van der Waals surface area contributed by atoms with E-state index in [0.29, 0.717) is 23.9 Å². The number of pyridine rings is 1. The maximum Gasteiger partial charge on any atom is 0.339 e. The fourth-order valence-corrected chi connectivity index (χ4v) is 3.86. The maximum absolute atomic E-state index is 11.8. The molecule has 30 heavy (non-hydrogen) atoms. The van der Waals surface area contributed by atoms with E-state index in [-0.39, 0.29) is 12.0 Å². The minimum absolute atomic E-state index is 0.0177. The number of anilines is 2. The van der Waals surface area contributed by atoms with Crippen LogP contribution < -0.4 is 9.80 Å². The molecule has 0 amide bonds. The van der Waals surface area contributed by atoms with Crippen LogP contribution in [0.5, 0.6) is 0 Å². The number of nitrogens with zero attached hydrogens (tertiary/aromatic N) is 5. The highest BCUT2D eigenvalue weighted by Gasteiger charge is 2.28. The number of piperazine rings is 1. The standard InChI is InChI=1S/C22H22ClN5O2/c1-3-16-14-27(19-10-9-15(13-24-19)22(29)30-4-2)11-12-28(16)21-18-8-6-5-7-17(18)20(23)25-26-21/h3,5-10,13,16H,1,4,11-12,14H2,2H3/t16-/m0/s1. The molecular formula is C22H22ClN5O2. The molecule has 0 aliphatic carbocycles. The van der Waals surface area contributed by atoms with Crippen molar-refractivity contribution in [2.75, 3.05) is 36.0 Å². The summed E-state index contributed by atoms with van der Waals surface area (Å²) in [6.07, 6.45) is 3.46. The van der Waals surface area contributed by atoms with Gasteiger partial charge in [-0.15, -0.1) is 16.8 Å². The topological polar surface area (TPSA) is 71.5 Å². The number of carbonyl (C=O) groups excluding carboxylic acids is 1. The Kier molecular flexibility index (Phi) is 5.81. The van der Waals surface area contributed by atoms with Crippen LogP contribution in [-0.2, 0) is 4.74 Å². The summed E-state index contributed by atoms with van der Waals surface area (Å²) in [5.74, 6) is 1.24. The van der Waals surface area contributed by atoms with Gasteiger partial charge in [0, 0.05) is 36.6 Å². The van der Waals surface area contributed by atoms with E-state index in [2.05, 4.69) is 31.6 Å². The van der Waals surface area contributed by atoms with Gasteiger partial charge in [0.05, 0.1) is 18.2 Å². The molecule has 1 aromatic carbocycles. The van der Waals surface area contributed by atoms with Crippen LogP contribution in [0.2, 0.25) is 5.15 Å². The molecule has 0 N–H and O–H groups in total. The minimum Gasteiger partial charge on any atom is -0.462 e. The molecule has 7 nitrogen and oxygen atoms in total. The molecule has 1 atom stereocenters. The lowest BCUT2D eigenvalue weighted by Crippen LogP contribution is -2.53. The van der Waals surface area contributed by atoms with Crippen LogP contribution >= 0.6 is 11.6 Å². The highest BCUT2D eigenvalue weighted by Crippen LogP contribution is 2.31. The first-order valence-corrected chi connectivity index (χ1v) is 10.2. The summed E-state index contributed by atoms with van der Waals surface area (Å²) in [6.45, 7) is 8.29. The fourth-order valence-electron chi connectivity index (χ4n) is 3.66. The number of fused-ring (bicyclic) bond motifs is 1. The molecule has 8 heteroatoms. The normalized spacial score (nSPS) is 16.5. The van der Waals surface area contributed by atoms with Gasteiger partial charge in [0.1, 0.15) is 5.82 Å². The average molecular weight is 424 g/mol. The third-order valence-corrected chi connectivity index (χ3v) is 5.45. The van der Waals surface area contributed by atoms with Crippen LogP contribution in [0.4, 0.5) is 11.6 Å². The van der Waals surface area contributed by atoms with E-state index in [1.165, 1.54) is 0 Å². The summed E-state index contributed by atoms with van der Waals surface area (Å²) in [5, 5.41) is 10.8. The van der Waals surface area contributed by atoms with Crippen molar-refractivity contribution < 1.29 is 9.53 Å². The number of hydrogen-bond donors (Lipinski definition) is 0. The summed E-state index contributed by atoms with van der Waals surface area (Å²) >= 11 is 6.23. The Morgan fingerprint density at radius 1 is 1.23 bits per heavy atom. The van der Waals surface area contributed by atoms with Crippen molar-refractivity contribution in [2.45, 2.75) is 13.0 Å². The highest BCUT2D eigenvalue weighted by atomic mass is 35.5. The van der Waals surface area contributed by atoms with Gasteiger partial charge in [-0.05, 0) is 19.1 Å². The van der Waals surface area contributed by atoms with E-state index in [1.807, 2.05) is 36.4 Å². The number of ether oxygens (including phenoxy) is 1. The number of esters is 1. The second kappa shape index (κ2) is 8.67. The van der Waals surface area contributed by atoms with Gasteiger partial charge in [0.15, 0.2) is 11.0 Å². The van der Waals surface area contributed by atoms with Gasteiger partial charge in [-0.25, -0.2) is 9.78 Å². The zero-order chi connectivity index (χ0) is 21.1. The third-order valence-electron chi connectivity index (χ3n) is 5.17. The Labute approximate surface area is 179 Å². The average Bonchev–Trinajstić information content (AvgIpc) is 2.79. The third kappa shape index (κ3) is 3.80. The second-order valence-corrected chi connectivity index (χ2v) is 7.29. The van der Waals surface area contributed by atoms with Crippen LogP contribution in [0.1, 0.15) is 17.3 Å². The predicted molar refractivity (Wildman–Crippen MR) is 118 cm³/mol. The molecule has 0 spiro atoms. The number of carbonyl (C=O) groups is 1. The predicted octanol–water partition coefficient (Wildman–Crippen LogP) is 3.74. The molecule has 1 fully saturated rings. The van der Waals surface area contributed by atoms with Crippen LogP contribution in [0.3, 0.4) is 0 Å². The number of halogens is 1. The first kappa shape index (κ1) is 20.1. The second-order valence-electron chi connectivity index (χ2n) is 6.93.